The molecule has 0 saturated carbocycles. The number of benzene rings is 1. The van der Waals surface area contributed by atoms with Crippen LogP contribution >= 0.6 is 11.6 Å². The lowest BCUT2D eigenvalue weighted by Crippen LogP contribution is -2.25. The number of carbonyl (C=O) groups is 1. The van der Waals surface area contributed by atoms with E-state index in [1.165, 1.54) is 0 Å². The minimum absolute atomic E-state index is 0.0466. The van der Waals surface area contributed by atoms with Crippen LogP contribution in [0.15, 0.2) is 41.2 Å². The highest BCUT2D eigenvalue weighted by molar-refractivity contribution is 6.33. The van der Waals surface area contributed by atoms with E-state index in [2.05, 4.69) is 5.10 Å². The van der Waals surface area contributed by atoms with Gasteiger partial charge in [-0.2, -0.15) is 9.78 Å². The van der Waals surface area contributed by atoms with E-state index < -0.39 is 11.5 Å². The first-order chi connectivity index (χ1) is 8.09. The van der Waals surface area contributed by atoms with Gasteiger partial charge in [-0.15, -0.1) is 0 Å². The van der Waals surface area contributed by atoms with Gasteiger partial charge in [-0.25, -0.2) is 0 Å². The molecule has 0 bridgehead atoms. The normalized spacial score (nSPS) is 10.2. The summed E-state index contributed by atoms with van der Waals surface area (Å²) in [6.45, 7) is 0. The van der Waals surface area contributed by atoms with Crippen molar-refractivity contribution >= 4 is 17.5 Å². The van der Waals surface area contributed by atoms with E-state index >= 15 is 0 Å². The molecule has 2 N–H and O–H groups in total. The minimum atomic E-state index is -0.778. The number of primary amides is 1. The molecule has 0 atom stereocenters. The van der Waals surface area contributed by atoms with Crippen LogP contribution in [0.4, 0.5) is 0 Å². The maximum atomic E-state index is 11.7. The Kier molecular flexibility index (Phi) is 2.93. The summed E-state index contributed by atoms with van der Waals surface area (Å²) in [4.78, 5) is 22.8. The zero-order valence-electron chi connectivity index (χ0n) is 8.63. The van der Waals surface area contributed by atoms with E-state index in [1.54, 1.807) is 30.3 Å². The van der Waals surface area contributed by atoms with Crippen LogP contribution in [0.1, 0.15) is 10.5 Å². The summed E-state index contributed by atoms with van der Waals surface area (Å²) in [5, 5.41) is 3.79. The minimum Gasteiger partial charge on any atom is -0.364 e. The number of halogens is 1. The van der Waals surface area contributed by atoms with Crippen LogP contribution in [0.2, 0.25) is 5.02 Å². The molecule has 1 heterocycles. The molecule has 2 rings (SSSR count). The zero-order chi connectivity index (χ0) is 12.4. The Balaban J connectivity index is 2.67. The first-order valence-electron chi connectivity index (χ1n) is 4.74. The first kappa shape index (κ1) is 11.3. The van der Waals surface area contributed by atoms with Crippen molar-refractivity contribution in [2.75, 3.05) is 0 Å². The SMILES string of the molecule is NC(=O)c1nn(-c2ccccc2)c(=O)cc1Cl. The van der Waals surface area contributed by atoms with Crippen LogP contribution in [-0.4, -0.2) is 15.7 Å². The number of aromatic nitrogens is 2. The predicted octanol–water partition coefficient (Wildman–Crippen LogP) is 0.985. The van der Waals surface area contributed by atoms with Gasteiger partial charge >= 0.3 is 0 Å². The lowest BCUT2D eigenvalue weighted by Gasteiger charge is -2.06. The maximum Gasteiger partial charge on any atom is 0.273 e. The van der Waals surface area contributed by atoms with Gasteiger partial charge in [-0.3, -0.25) is 9.59 Å². The maximum absolute atomic E-state index is 11.7. The van der Waals surface area contributed by atoms with Gasteiger partial charge in [0.15, 0.2) is 5.69 Å². The first-order valence-corrected chi connectivity index (χ1v) is 5.12. The summed E-state index contributed by atoms with van der Waals surface area (Å²) in [6, 6.07) is 9.80. The van der Waals surface area contributed by atoms with Gasteiger partial charge < -0.3 is 5.73 Å². The Morgan fingerprint density at radius 1 is 1.29 bits per heavy atom. The molecule has 0 aliphatic heterocycles. The fourth-order valence-electron chi connectivity index (χ4n) is 1.36. The Morgan fingerprint density at radius 2 is 1.94 bits per heavy atom. The standard InChI is InChI=1S/C11H8ClN3O2/c12-8-6-9(16)15(14-10(8)11(13)17)7-4-2-1-3-5-7/h1-6H,(H2,13,17). The number of carbonyl (C=O) groups excluding carboxylic acids is 1. The molecule has 17 heavy (non-hydrogen) atoms. The summed E-state index contributed by atoms with van der Waals surface area (Å²) in [5.74, 6) is -0.778. The average Bonchev–Trinajstić information content (AvgIpc) is 2.29. The highest BCUT2D eigenvalue weighted by Gasteiger charge is 2.12. The highest BCUT2D eigenvalue weighted by atomic mass is 35.5. The molecular weight excluding hydrogens is 242 g/mol. The van der Waals surface area contributed by atoms with Crippen molar-refractivity contribution < 1.29 is 4.79 Å². The molecule has 1 amide bonds. The van der Waals surface area contributed by atoms with Crippen LogP contribution in [0.5, 0.6) is 0 Å². The molecule has 0 unspecified atom stereocenters. The van der Waals surface area contributed by atoms with E-state index in [4.69, 9.17) is 17.3 Å². The predicted molar refractivity (Wildman–Crippen MR) is 63.4 cm³/mol. The van der Waals surface area contributed by atoms with E-state index in [-0.39, 0.29) is 10.7 Å². The number of rotatable bonds is 2. The topological polar surface area (TPSA) is 78.0 Å². The van der Waals surface area contributed by atoms with Gasteiger partial charge in [0.2, 0.25) is 0 Å². The number of amides is 1. The molecule has 2 aromatic rings. The van der Waals surface area contributed by atoms with Crippen molar-refractivity contribution in [1.29, 1.82) is 0 Å². The molecule has 0 fully saturated rings. The lowest BCUT2D eigenvalue weighted by atomic mass is 10.3. The zero-order valence-corrected chi connectivity index (χ0v) is 9.39. The summed E-state index contributed by atoms with van der Waals surface area (Å²) in [7, 11) is 0. The number of hydrogen-bond donors (Lipinski definition) is 1. The number of hydrogen-bond acceptors (Lipinski definition) is 3. The molecule has 0 radical (unpaired) electrons. The van der Waals surface area contributed by atoms with Gasteiger partial charge in [-0.05, 0) is 12.1 Å². The van der Waals surface area contributed by atoms with Gasteiger partial charge in [0.05, 0.1) is 10.7 Å². The summed E-state index contributed by atoms with van der Waals surface area (Å²) < 4.78 is 1.08. The van der Waals surface area contributed by atoms with E-state index in [1.807, 2.05) is 0 Å². The molecule has 86 valence electrons. The van der Waals surface area contributed by atoms with Crippen molar-refractivity contribution in [2.45, 2.75) is 0 Å². The molecule has 0 aliphatic carbocycles. The Morgan fingerprint density at radius 3 is 2.53 bits per heavy atom. The third-order valence-electron chi connectivity index (χ3n) is 2.12. The lowest BCUT2D eigenvalue weighted by molar-refractivity contribution is 0.0994. The summed E-state index contributed by atoms with van der Waals surface area (Å²) in [6.07, 6.45) is 0. The second-order valence-corrected chi connectivity index (χ2v) is 3.70. The second kappa shape index (κ2) is 4.39. The Labute approximate surface area is 101 Å². The van der Waals surface area contributed by atoms with Crippen molar-refractivity contribution in [1.82, 2.24) is 9.78 Å². The number of nitrogens with zero attached hydrogens (tertiary/aromatic N) is 2. The second-order valence-electron chi connectivity index (χ2n) is 3.29. The van der Waals surface area contributed by atoms with Gasteiger partial charge in [0.25, 0.3) is 11.5 Å². The average molecular weight is 250 g/mol. The third-order valence-corrected chi connectivity index (χ3v) is 2.41. The molecule has 0 saturated heterocycles. The van der Waals surface area contributed by atoms with E-state index in [9.17, 15) is 9.59 Å². The van der Waals surface area contributed by atoms with Gasteiger partial charge in [-0.1, -0.05) is 29.8 Å². The molecule has 1 aromatic carbocycles. The van der Waals surface area contributed by atoms with Crippen LogP contribution in [-0.2, 0) is 0 Å². The van der Waals surface area contributed by atoms with Gasteiger partial charge in [0, 0.05) is 6.07 Å². The fourth-order valence-corrected chi connectivity index (χ4v) is 1.58. The van der Waals surface area contributed by atoms with Crippen LogP contribution in [0, 0.1) is 0 Å². The van der Waals surface area contributed by atoms with Gasteiger partial charge in [0.1, 0.15) is 0 Å². The number of nitrogens with two attached hydrogens (primary N) is 1. The van der Waals surface area contributed by atoms with Crippen molar-refractivity contribution in [3.05, 3.63) is 57.5 Å². The highest BCUT2D eigenvalue weighted by Crippen LogP contribution is 2.11. The fraction of sp³-hybridized carbons (Fsp3) is 0. The van der Waals surface area contributed by atoms with E-state index in [0.29, 0.717) is 5.69 Å². The largest absolute Gasteiger partial charge is 0.364 e. The quantitative estimate of drug-likeness (QED) is 0.862. The molecule has 6 heteroatoms. The molecule has 0 aliphatic rings. The monoisotopic (exact) mass is 249 g/mol. The van der Waals surface area contributed by atoms with Crippen LogP contribution < -0.4 is 11.3 Å². The third kappa shape index (κ3) is 2.19. The van der Waals surface area contributed by atoms with Crippen molar-refractivity contribution in [2.24, 2.45) is 5.73 Å². The van der Waals surface area contributed by atoms with E-state index in [0.717, 1.165) is 10.7 Å². The molecular formula is C11H8ClN3O2. The van der Waals surface area contributed by atoms with Crippen molar-refractivity contribution in [3.63, 3.8) is 0 Å². The summed E-state index contributed by atoms with van der Waals surface area (Å²) in [5.41, 5.74) is 5.09. The smallest absolute Gasteiger partial charge is 0.273 e. The molecule has 0 spiro atoms. The van der Waals surface area contributed by atoms with Crippen LogP contribution in [0.3, 0.4) is 0 Å². The molecule has 5 nitrogen and oxygen atoms in total. The Bertz CT molecular complexity index is 622. The van der Waals surface area contributed by atoms with Crippen molar-refractivity contribution in [3.8, 4) is 5.69 Å². The van der Waals surface area contributed by atoms with Crippen LogP contribution in [0.25, 0.3) is 5.69 Å². The molecule has 1 aromatic heterocycles. The number of para-hydroxylation sites is 1. The summed E-state index contributed by atoms with van der Waals surface area (Å²) >= 11 is 5.71. The Hall–Kier alpha value is -2.14.